The molecule has 0 aromatic rings. The van der Waals surface area contributed by atoms with Gasteiger partial charge in [-0.25, -0.2) is 4.79 Å². The van der Waals surface area contributed by atoms with Gasteiger partial charge in [-0.3, -0.25) is 4.79 Å². The molecule has 78 valence electrons. The number of carbonyl (C=O) groups is 2. The highest BCUT2D eigenvalue weighted by Crippen LogP contribution is 2.00. The smallest absolute Gasteiger partial charge is 0.366 e. The van der Waals surface area contributed by atoms with E-state index in [1.807, 2.05) is 0 Å². The molecule has 0 aliphatic heterocycles. The van der Waals surface area contributed by atoms with Crippen LogP contribution in [-0.2, 0) is 14.3 Å². The Morgan fingerprint density at radius 3 is 2.50 bits per heavy atom. The van der Waals surface area contributed by atoms with Crippen LogP contribution in [0.5, 0.6) is 0 Å². The SMILES string of the molecule is CCCCCCC#COC(=O)C(C)=O. The maximum absolute atomic E-state index is 10.6. The first-order valence-corrected chi connectivity index (χ1v) is 4.88. The van der Waals surface area contributed by atoms with Gasteiger partial charge in [0, 0.05) is 13.3 Å². The van der Waals surface area contributed by atoms with Crippen LogP contribution in [0.1, 0.15) is 46.0 Å². The molecule has 0 saturated carbocycles. The molecule has 3 nitrogen and oxygen atoms in total. The Hall–Kier alpha value is -1.30. The topological polar surface area (TPSA) is 43.4 Å². The summed E-state index contributed by atoms with van der Waals surface area (Å²) in [5, 5.41) is 0. The number of esters is 1. The Balaban J connectivity index is 3.44. The van der Waals surface area contributed by atoms with E-state index in [1.165, 1.54) is 12.8 Å². The summed E-state index contributed by atoms with van der Waals surface area (Å²) in [6.07, 6.45) is 7.48. The number of ketones is 1. The number of unbranched alkanes of at least 4 members (excludes halogenated alkanes) is 4. The molecule has 14 heavy (non-hydrogen) atoms. The number of Topliss-reactive ketones (excluding diaryl/α,β-unsaturated/α-hetero) is 1. The van der Waals surface area contributed by atoms with E-state index in [9.17, 15) is 9.59 Å². The molecule has 0 aromatic heterocycles. The Morgan fingerprint density at radius 1 is 1.21 bits per heavy atom. The van der Waals surface area contributed by atoms with E-state index in [0.29, 0.717) is 6.42 Å². The van der Waals surface area contributed by atoms with Crippen molar-refractivity contribution in [1.29, 1.82) is 0 Å². The maximum Gasteiger partial charge on any atom is 0.388 e. The van der Waals surface area contributed by atoms with Crippen molar-refractivity contribution in [3.63, 3.8) is 0 Å². The highest BCUT2D eigenvalue weighted by atomic mass is 16.5. The zero-order valence-corrected chi connectivity index (χ0v) is 8.76. The minimum atomic E-state index is -0.883. The summed E-state index contributed by atoms with van der Waals surface area (Å²) in [5.74, 6) is 1.18. The molecule has 0 fully saturated rings. The first-order valence-electron chi connectivity index (χ1n) is 4.88. The van der Waals surface area contributed by atoms with Crippen LogP contribution < -0.4 is 0 Å². The number of hydrogen-bond donors (Lipinski definition) is 0. The standard InChI is InChI=1S/C11H16O3/c1-3-4-5-6-7-8-9-14-11(13)10(2)12/h3-7H2,1-2H3. The van der Waals surface area contributed by atoms with Gasteiger partial charge in [0.1, 0.15) is 6.11 Å². The van der Waals surface area contributed by atoms with Crippen molar-refractivity contribution < 1.29 is 14.3 Å². The molecule has 0 atom stereocenters. The van der Waals surface area contributed by atoms with Crippen LogP contribution >= 0.6 is 0 Å². The van der Waals surface area contributed by atoms with Crippen LogP contribution in [-0.4, -0.2) is 11.8 Å². The summed E-state index contributed by atoms with van der Waals surface area (Å²) < 4.78 is 4.36. The number of carbonyl (C=O) groups excluding carboxylic acids is 2. The molecule has 0 spiro atoms. The molecule has 0 N–H and O–H groups in total. The molecule has 0 aliphatic carbocycles. The van der Waals surface area contributed by atoms with E-state index in [2.05, 4.69) is 23.7 Å². The Labute approximate surface area is 84.8 Å². The monoisotopic (exact) mass is 196 g/mol. The minimum absolute atomic E-state index is 0.620. The molecular formula is C11H16O3. The van der Waals surface area contributed by atoms with E-state index in [4.69, 9.17) is 0 Å². The van der Waals surface area contributed by atoms with Crippen LogP contribution in [0.15, 0.2) is 0 Å². The highest BCUT2D eigenvalue weighted by Gasteiger charge is 2.06. The van der Waals surface area contributed by atoms with Crippen LogP contribution in [0.4, 0.5) is 0 Å². The Kier molecular flexibility index (Phi) is 7.53. The minimum Gasteiger partial charge on any atom is -0.366 e. The lowest BCUT2D eigenvalue weighted by molar-refractivity contribution is -0.147. The third-order valence-electron chi connectivity index (χ3n) is 1.66. The van der Waals surface area contributed by atoms with E-state index < -0.39 is 11.8 Å². The molecule has 0 aromatic carbocycles. The van der Waals surface area contributed by atoms with Crippen LogP contribution in [0.25, 0.3) is 0 Å². The van der Waals surface area contributed by atoms with Crippen LogP contribution in [0, 0.1) is 12.0 Å². The second-order valence-corrected chi connectivity index (χ2v) is 3.04. The van der Waals surface area contributed by atoms with Crippen molar-refractivity contribution in [2.75, 3.05) is 0 Å². The second-order valence-electron chi connectivity index (χ2n) is 3.04. The normalized spacial score (nSPS) is 8.71. The molecule has 0 aliphatic rings. The number of hydrogen-bond acceptors (Lipinski definition) is 3. The first kappa shape index (κ1) is 12.7. The zero-order valence-electron chi connectivity index (χ0n) is 8.76. The van der Waals surface area contributed by atoms with Gasteiger partial charge in [-0.05, 0) is 6.42 Å². The van der Waals surface area contributed by atoms with Gasteiger partial charge in [0.15, 0.2) is 0 Å². The predicted octanol–water partition coefficient (Wildman–Crippen LogP) is 2.05. The average Bonchev–Trinajstić information content (AvgIpc) is 2.16. The molecule has 0 unspecified atom stereocenters. The quantitative estimate of drug-likeness (QED) is 0.292. The van der Waals surface area contributed by atoms with Crippen molar-refractivity contribution in [3.8, 4) is 12.0 Å². The molecule has 0 heterocycles. The summed E-state index contributed by atoms with van der Waals surface area (Å²) in [4.78, 5) is 21.0. The molecule has 0 bridgehead atoms. The summed E-state index contributed by atoms with van der Waals surface area (Å²) >= 11 is 0. The summed E-state index contributed by atoms with van der Waals surface area (Å²) in [7, 11) is 0. The third kappa shape index (κ3) is 7.35. The Morgan fingerprint density at radius 2 is 1.93 bits per heavy atom. The number of ether oxygens (including phenoxy) is 1. The largest absolute Gasteiger partial charge is 0.388 e. The van der Waals surface area contributed by atoms with Gasteiger partial charge in [-0.2, -0.15) is 0 Å². The molecule has 0 radical (unpaired) electrons. The van der Waals surface area contributed by atoms with Gasteiger partial charge in [0.05, 0.1) is 0 Å². The van der Waals surface area contributed by atoms with Crippen molar-refractivity contribution in [2.45, 2.75) is 46.0 Å². The lowest BCUT2D eigenvalue weighted by Gasteiger charge is -1.91. The summed E-state index contributed by atoms with van der Waals surface area (Å²) in [6, 6.07) is 0. The van der Waals surface area contributed by atoms with Gasteiger partial charge in [0.25, 0.3) is 0 Å². The fraction of sp³-hybridized carbons (Fsp3) is 0.636. The zero-order chi connectivity index (χ0) is 10.8. The highest BCUT2D eigenvalue weighted by molar-refractivity contribution is 6.32. The summed E-state index contributed by atoms with van der Waals surface area (Å²) in [5.41, 5.74) is 0. The van der Waals surface area contributed by atoms with Crippen molar-refractivity contribution in [1.82, 2.24) is 0 Å². The van der Waals surface area contributed by atoms with Gasteiger partial charge < -0.3 is 4.74 Å². The predicted molar refractivity (Wildman–Crippen MR) is 53.3 cm³/mol. The van der Waals surface area contributed by atoms with E-state index in [0.717, 1.165) is 19.8 Å². The van der Waals surface area contributed by atoms with Crippen molar-refractivity contribution in [3.05, 3.63) is 0 Å². The van der Waals surface area contributed by atoms with Gasteiger partial charge in [-0.15, -0.1) is 0 Å². The van der Waals surface area contributed by atoms with Gasteiger partial charge in [0.2, 0.25) is 5.78 Å². The van der Waals surface area contributed by atoms with E-state index in [1.54, 1.807) is 0 Å². The fourth-order valence-corrected chi connectivity index (χ4v) is 0.845. The lowest BCUT2D eigenvalue weighted by atomic mass is 10.2. The molecule has 3 heteroatoms. The summed E-state index contributed by atoms with van der Waals surface area (Å²) in [6.45, 7) is 3.30. The second kappa shape index (κ2) is 8.31. The van der Waals surface area contributed by atoms with E-state index in [-0.39, 0.29) is 0 Å². The maximum atomic E-state index is 10.6. The van der Waals surface area contributed by atoms with Gasteiger partial charge in [-0.1, -0.05) is 32.1 Å². The third-order valence-corrected chi connectivity index (χ3v) is 1.66. The Bertz CT molecular complexity index is 245. The molecule has 0 saturated heterocycles. The average molecular weight is 196 g/mol. The number of rotatable bonds is 5. The van der Waals surface area contributed by atoms with Crippen molar-refractivity contribution >= 4 is 11.8 Å². The fourth-order valence-electron chi connectivity index (χ4n) is 0.845. The van der Waals surface area contributed by atoms with Crippen LogP contribution in [0.3, 0.4) is 0 Å². The van der Waals surface area contributed by atoms with Crippen molar-refractivity contribution in [2.24, 2.45) is 0 Å². The van der Waals surface area contributed by atoms with E-state index >= 15 is 0 Å². The van der Waals surface area contributed by atoms with Crippen LogP contribution in [0.2, 0.25) is 0 Å². The molecule has 0 rings (SSSR count). The molecule has 0 amide bonds. The first-order chi connectivity index (χ1) is 6.68. The lowest BCUT2D eigenvalue weighted by Crippen LogP contribution is -2.10. The van der Waals surface area contributed by atoms with Gasteiger partial charge >= 0.3 is 5.97 Å². The molecular weight excluding hydrogens is 180 g/mol.